The second-order valence-electron chi connectivity index (χ2n) is 9.93. The van der Waals surface area contributed by atoms with Crippen LogP contribution in [-0.4, -0.2) is 88.4 Å². The second kappa shape index (κ2) is 13.1. The van der Waals surface area contributed by atoms with Crippen molar-refractivity contribution in [3.63, 3.8) is 0 Å². The number of fused-ring (bicyclic) bond motifs is 1. The number of aromatic hydroxyl groups is 1. The zero-order valence-corrected chi connectivity index (χ0v) is 26.4. The molecule has 2 aromatic heterocycles. The fraction of sp³-hybridized carbons (Fsp3) is 0.345. The normalized spacial score (nSPS) is 15.2. The quantitative estimate of drug-likeness (QED) is 0.212. The van der Waals surface area contributed by atoms with Gasteiger partial charge in [-0.2, -0.15) is 0 Å². The molecule has 1 aliphatic heterocycles. The minimum atomic E-state index is -1.27. The number of thiophene rings is 1. The Morgan fingerprint density at radius 3 is 2.66 bits per heavy atom. The summed E-state index contributed by atoms with van der Waals surface area (Å²) in [4.78, 5) is 26.3. The summed E-state index contributed by atoms with van der Waals surface area (Å²) in [5, 5.41) is 21.3. The van der Waals surface area contributed by atoms with E-state index in [9.17, 15) is 15.0 Å². The maximum Gasteiger partial charge on any atom is 0.345 e. The number of benzene rings is 2. The van der Waals surface area contributed by atoms with E-state index in [0.29, 0.717) is 33.2 Å². The van der Waals surface area contributed by atoms with E-state index in [0.717, 1.165) is 52.3 Å². The highest BCUT2D eigenvalue weighted by atomic mass is 127. The highest BCUT2D eigenvalue weighted by Gasteiger charge is 2.27. The van der Waals surface area contributed by atoms with E-state index in [1.54, 1.807) is 18.2 Å². The van der Waals surface area contributed by atoms with Crippen LogP contribution in [0.5, 0.6) is 17.4 Å². The Morgan fingerprint density at radius 1 is 1.17 bits per heavy atom. The number of likely N-dealkylation sites (N-methyl/N-ethyl adjacent to an activating group) is 1. The summed E-state index contributed by atoms with van der Waals surface area (Å²) in [6, 6.07) is 10.4. The standard InChI is InChI=1S/C29H30ClIN4O5S/c1-17-19(7-8-21(25(17)30)39-14-13-35-11-9-34(2)10-12-35)23-24-27(32-16-33-28(24)41-26(23)31)40-22(29(37)38)15-18-5-3-4-6-20(18)36/h3-8,16,22,36H,9-15H2,1-2H3,(H,37,38)/t22-/m1/s1. The smallest absolute Gasteiger partial charge is 0.345 e. The third-order valence-corrected chi connectivity index (χ3v) is 9.77. The van der Waals surface area contributed by atoms with Gasteiger partial charge in [0.1, 0.15) is 29.3 Å². The van der Waals surface area contributed by atoms with Crippen molar-refractivity contribution < 1.29 is 24.5 Å². The van der Waals surface area contributed by atoms with Crippen molar-refractivity contribution in [1.29, 1.82) is 0 Å². The van der Waals surface area contributed by atoms with Gasteiger partial charge in [-0.05, 0) is 65.4 Å². The average molecular weight is 709 g/mol. The van der Waals surface area contributed by atoms with Crippen LogP contribution in [0.3, 0.4) is 0 Å². The van der Waals surface area contributed by atoms with Crippen LogP contribution < -0.4 is 9.47 Å². The summed E-state index contributed by atoms with van der Waals surface area (Å²) in [6.45, 7) is 7.47. The number of piperazine rings is 1. The number of carboxylic acids is 1. The molecule has 1 fully saturated rings. The van der Waals surface area contributed by atoms with Gasteiger partial charge in [0.15, 0.2) is 0 Å². The number of phenols is 1. The van der Waals surface area contributed by atoms with Gasteiger partial charge in [0.2, 0.25) is 12.0 Å². The molecule has 2 aromatic carbocycles. The van der Waals surface area contributed by atoms with E-state index in [4.69, 9.17) is 21.1 Å². The van der Waals surface area contributed by atoms with Crippen molar-refractivity contribution in [2.75, 3.05) is 46.4 Å². The number of ether oxygens (including phenoxy) is 2. The van der Waals surface area contributed by atoms with Gasteiger partial charge in [-0.1, -0.05) is 35.9 Å². The molecule has 1 aliphatic rings. The molecule has 0 aliphatic carbocycles. The Morgan fingerprint density at radius 2 is 1.93 bits per heavy atom. The summed E-state index contributed by atoms with van der Waals surface area (Å²) in [6.07, 6.45) is 0.0617. The first-order chi connectivity index (χ1) is 19.7. The molecule has 0 radical (unpaired) electrons. The zero-order valence-electron chi connectivity index (χ0n) is 22.6. The monoisotopic (exact) mass is 708 g/mol. The lowest BCUT2D eigenvalue weighted by Gasteiger charge is -2.32. The maximum absolute atomic E-state index is 12.2. The van der Waals surface area contributed by atoms with E-state index in [2.05, 4.69) is 49.4 Å². The number of halogens is 2. The Bertz CT molecular complexity index is 1560. The molecular weight excluding hydrogens is 679 g/mol. The van der Waals surface area contributed by atoms with Crippen molar-refractivity contribution in [3.8, 4) is 28.5 Å². The van der Waals surface area contributed by atoms with Crippen LogP contribution in [0.15, 0.2) is 42.7 Å². The molecule has 216 valence electrons. The van der Waals surface area contributed by atoms with Gasteiger partial charge in [0.05, 0.1) is 13.3 Å². The number of phenolic OH excluding ortho intramolecular Hbond substituents is 1. The fourth-order valence-electron chi connectivity index (χ4n) is 4.81. The lowest BCUT2D eigenvalue weighted by atomic mass is 10.0. The molecule has 0 bridgehead atoms. The highest BCUT2D eigenvalue weighted by molar-refractivity contribution is 14.1. The second-order valence-corrected chi connectivity index (χ2v) is 13.1. The van der Waals surface area contributed by atoms with Crippen LogP contribution in [0.25, 0.3) is 21.3 Å². The van der Waals surface area contributed by atoms with Crippen molar-refractivity contribution in [3.05, 3.63) is 61.8 Å². The Labute approximate surface area is 260 Å². The lowest BCUT2D eigenvalue weighted by molar-refractivity contribution is -0.145. The highest BCUT2D eigenvalue weighted by Crippen LogP contribution is 2.46. The number of hydrogen-bond acceptors (Lipinski definition) is 9. The summed E-state index contributed by atoms with van der Waals surface area (Å²) < 4.78 is 13.0. The molecule has 0 spiro atoms. The number of nitrogens with zero attached hydrogens (tertiary/aromatic N) is 4. The number of rotatable bonds is 10. The van der Waals surface area contributed by atoms with Crippen LogP contribution in [0.2, 0.25) is 5.02 Å². The molecule has 2 N–H and O–H groups in total. The van der Waals surface area contributed by atoms with Gasteiger partial charge in [0, 0.05) is 44.7 Å². The van der Waals surface area contributed by atoms with Crippen molar-refractivity contribution >= 4 is 61.7 Å². The molecule has 0 saturated carbocycles. The minimum absolute atomic E-state index is 0.0112. The molecule has 41 heavy (non-hydrogen) atoms. The summed E-state index contributed by atoms with van der Waals surface area (Å²) in [5.74, 6) is -0.367. The van der Waals surface area contributed by atoms with Gasteiger partial charge in [-0.25, -0.2) is 14.8 Å². The van der Waals surface area contributed by atoms with Crippen LogP contribution in [0.4, 0.5) is 0 Å². The van der Waals surface area contributed by atoms with Crippen LogP contribution in [0, 0.1) is 9.81 Å². The van der Waals surface area contributed by atoms with E-state index >= 15 is 0 Å². The summed E-state index contributed by atoms with van der Waals surface area (Å²) in [7, 11) is 2.14. The Kier molecular flexibility index (Phi) is 9.49. The zero-order chi connectivity index (χ0) is 29.1. The first-order valence-electron chi connectivity index (χ1n) is 13.2. The SMILES string of the molecule is Cc1c(-c2c(I)sc3ncnc(O[C@H](Cc4ccccc4O)C(=O)O)c23)ccc(OCCN2CCN(C)CC2)c1Cl. The Hall–Kier alpha value is -2.71. The number of para-hydroxylation sites is 1. The average Bonchev–Trinajstić information content (AvgIpc) is 3.29. The van der Waals surface area contributed by atoms with Gasteiger partial charge >= 0.3 is 5.97 Å². The topological polar surface area (TPSA) is 108 Å². The lowest BCUT2D eigenvalue weighted by Crippen LogP contribution is -2.45. The first-order valence-corrected chi connectivity index (χ1v) is 15.4. The Balaban J connectivity index is 1.42. The molecule has 1 atom stereocenters. The van der Waals surface area contributed by atoms with E-state index in [1.165, 1.54) is 23.7 Å². The fourth-order valence-corrected chi connectivity index (χ4v) is 7.09. The van der Waals surface area contributed by atoms with Gasteiger partial charge in [-0.15, -0.1) is 11.3 Å². The predicted molar refractivity (Wildman–Crippen MR) is 169 cm³/mol. The maximum atomic E-state index is 12.2. The summed E-state index contributed by atoms with van der Waals surface area (Å²) in [5.41, 5.74) is 3.00. The predicted octanol–water partition coefficient (Wildman–Crippen LogP) is 5.33. The van der Waals surface area contributed by atoms with Gasteiger partial charge in [0.25, 0.3) is 0 Å². The molecular formula is C29H30ClIN4O5S. The van der Waals surface area contributed by atoms with Crippen molar-refractivity contribution in [2.24, 2.45) is 0 Å². The van der Waals surface area contributed by atoms with Gasteiger partial charge < -0.3 is 24.6 Å². The first kappa shape index (κ1) is 29.8. The molecule has 4 aromatic rings. The van der Waals surface area contributed by atoms with E-state index < -0.39 is 12.1 Å². The van der Waals surface area contributed by atoms with E-state index in [1.807, 2.05) is 19.1 Å². The number of carboxylic acid groups (broad SMARTS) is 1. The number of hydrogen-bond donors (Lipinski definition) is 2. The van der Waals surface area contributed by atoms with Gasteiger partial charge in [-0.3, -0.25) is 4.90 Å². The van der Waals surface area contributed by atoms with E-state index in [-0.39, 0.29) is 18.1 Å². The van der Waals surface area contributed by atoms with Crippen LogP contribution in [-0.2, 0) is 11.2 Å². The minimum Gasteiger partial charge on any atom is -0.508 e. The molecule has 5 rings (SSSR count). The molecule has 9 nitrogen and oxygen atoms in total. The van der Waals surface area contributed by atoms with Crippen molar-refractivity contribution in [2.45, 2.75) is 19.4 Å². The molecule has 0 amide bonds. The third kappa shape index (κ3) is 6.69. The molecule has 3 heterocycles. The van der Waals surface area contributed by atoms with Crippen LogP contribution >= 0.6 is 45.5 Å². The third-order valence-electron chi connectivity index (χ3n) is 7.22. The molecule has 12 heteroatoms. The molecule has 1 saturated heterocycles. The van der Waals surface area contributed by atoms with Crippen LogP contribution in [0.1, 0.15) is 11.1 Å². The summed E-state index contributed by atoms with van der Waals surface area (Å²) >= 11 is 10.5. The molecule has 0 unspecified atom stereocenters. The number of aliphatic carboxylic acids is 1. The number of carbonyl (C=O) groups is 1. The number of aromatic nitrogens is 2. The largest absolute Gasteiger partial charge is 0.508 e. The van der Waals surface area contributed by atoms with Crippen molar-refractivity contribution in [1.82, 2.24) is 19.8 Å².